The molecular weight excluding hydrogens is 462 g/mol. The van der Waals surface area contributed by atoms with E-state index < -0.39 is 42.2 Å². The van der Waals surface area contributed by atoms with Crippen LogP contribution in [0.15, 0.2) is 54.6 Å². The van der Waals surface area contributed by atoms with Crippen LogP contribution in [-0.4, -0.2) is 59.8 Å². The first-order valence-corrected chi connectivity index (χ1v) is 12.0. The Labute approximate surface area is 212 Å². The number of anilines is 1. The van der Waals surface area contributed by atoms with E-state index in [1.807, 2.05) is 13.0 Å². The van der Waals surface area contributed by atoms with Gasteiger partial charge in [0.15, 0.2) is 0 Å². The molecular formula is C27H37N3O6. The van der Waals surface area contributed by atoms with Gasteiger partial charge in [0, 0.05) is 12.2 Å². The molecule has 9 nitrogen and oxygen atoms in total. The van der Waals surface area contributed by atoms with E-state index in [1.54, 1.807) is 76.4 Å². The first kappa shape index (κ1) is 28.6. The number of hydrogen-bond acceptors (Lipinski definition) is 6. The maximum atomic E-state index is 13.6. The average Bonchev–Trinajstić information content (AvgIpc) is 2.84. The average molecular weight is 500 g/mol. The number of nitrogens with zero attached hydrogens (tertiary/aromatic N) is 1. The van der Waals surface area contributed by atoms with E-state index in [-0.39, 0.29) is 6.54 Å². The van der Waals surface area contributed by atoms with Gasteiger partial charge in [-0.05, 0) is 57.0 Å². The number of aliphatic hydroxyl groups excluding tert-OH is 1. The number of carbonyl (C=O) groups excluding carboxylic acids is 3. The van der Waals surface area contributed by atoms with Crippen molar-refractivity contribution in [3.8, 4) is 5.75 Å². The number of carbonyl (C=O) groups is 3. The van der Waals surface area contributed by atoms with E-state index in [1.165, 1.54) is 4.90 Å². The van der Waals surface area contributed by atoms with Crippen molar-refractivity contribution in [2.45, 2.75) is 58.2 Å². The van der Waals surface area contributed by atoms with Crippen LogP contribution in [0.3, 0.4) is 0 Å². The van der Waals surface area contributed by atoms with Crippen LogP contribution in [0.5, 0.6) is 5.75 Å². The Kier molecular flexibility index (Phi) is 10.7. The number of ether oxygens (including phenoxy) is 2. The summed E-state index contributed by atoms with van der Waals surface area (Å²) in [5.74, 6) is -0.369. The molecule has 2 rings (SSSR count). The Balaban J connectivity index is 2.39. The van der Waals surface area contributed by atoms with E-state index >= 15 is 0 Å². The predicted octanol–water partition coefficient (Wildman–Crippen LogP) is 3.89. The number of amides is 3. The minimum absolute atomic E-state index is 0.247. The zero-order valence-electron chi connectivity index (χ0n) is 21.6. The summed E-state index contributed by atoms with van der Waals surface area (Å²) in [4.78, 5) is 41.0. The number of aliphatic hydroxyl groups is 1. The fourth-order valence-corrected chi connectivity index (χ4v) is 3.52. The maximum absolute atomic E-state index is 13.6. The summed E-state index contributed by atoms with van der Waals surface area (Å²) in [5, 5.41) is 15.3. The maximum Gasteiger partial charge on any atom is 0.408 e. The van der Waals surface area contributed by atoms with Crippen LogP contribution < -0.4 is 15.4 Å². The van der Waals surface area contributed by atoms with Crippen molar-refractivity contribution in [1.29, 1.82) is 0 Å². The fourth-order valence-electron chi connectivity index (χ4n) is 3.52. The van der Waals surface area contributed by atoms with E-state index in [4.69, 9.17) is 9.47 Å². The molecule has 0 heterocycles. The topological polar surface area (TPSA) is 117 Å². The molecule has 2 aromatic rings. The number of nitrogens with one attached hydrogen (secondary N) is 2. The van der Waals surface area contributed by atoms with Gasteiger partial charge in [-0.1, -0.05) is 43.7 Å². The molecule has 3 N–H and O–H groups in total. The van der Waals surface area contributed by atoms with Crippen molar-refractivity contribution in [3.63, 3.8) is 0 Å². The molecule has 0 saturated heterocycles. The van der Waals surface area contributed by atoms with Gasteiger partial charge in [-0.15, -0.1) is 0 Å². The van der Waals surface area contributed by atoms with Crippen molar-refractivity contribution in [1.82, 2.24) is 10.2 Å². The Morgan fingerprint density at radius 3 is 2.19 bits per heavy atom. The molecule has 3 amide bonds. The highest BCUT2D eigenvalue weighted by Gasteiger charge is 2.35. The smallest absolute Gasteiger partial charge is 0.408 e. The SMILES string of the molecule is CCCCN(C(=O)C(CO)NC(=O)OC(C)(C)C)C(C(=O)Nc1ccc(OC)cc1)c1ccccc1. The molecule has 0 bridgehead atoms. The lowest BCUT2D eigenvalue weighted by atomic mass is 10.0. The molecule has 0 aliphatic heterocycles. The van der Waals surface area contributed by atoms with Crippen molar-refractivity contribution >= 4 is 23.6 Å². The van der Waals surface area contributed by atoms with E-state index in [0.29, 0.717) is 23.4 Å². The third-order valence-electron chi connectivity index (χ3n) is 5.24. The molecule has 0 radical (unpaired) electrons. The summed E-state index contributed by atoms with van der Waals surface area (Å²) in [6, 6.07) is 13.5. The molecule has 2 aromatic carbocycles. The van der Waals surface area contributed by atoms with Gasteiger partial charge in [-0.25, -0.2) is 4.79 Å². The quantitative estimate of drug-likeness (QED) is 0.432. The van der Waals surface area contributed by atoms with Crippen LogP contribution in [0.25, 0.3) is 0 Å². The van der Waals surface area contributed by atoms with Crippen LogP contribution in [0.4, 0.5) is 10.5 Å². The molecule has 0 saturated carbocycles. The molecule has 0 aliphatic rings. The highest BCUT2D eigenvalue weighted by Crippen LogP contribution is 2.25. The second kappa shape index (κ2) is 13.5. The van der Waals surface area contributed by atoms with Gasteiger partial charge < -0.3 is 30.1 Å². The normalized spacial score (nSPS) is 12.7. The summed E-state index contributed by atoms with van der Waals surface area (Å²) >= 11 is 0. The molecule has 36 heavy (non-hydrogen) atoms. The minimum atomic E-state index is -1.28. The molecule has 2 unspecified atom stereocenters. The summed E-state index contributed by atoms with van der Waals surface area (Å²) < 4.78 is 10.4. The van der Waals surface area contributed by atoms with Gasteiger partial charge in [-0.2, -0.15) is 0 Å². The second-order valence-corrected chi connectivity index (χ2v) is 9.30. The molecule has 0 fully saturated rings. The van der Waals surface area contributed by atoms with Gasteiger partial charge in [0.2, 0.25) is 5.91 Å². The van der Waals surface area contributed by atoms with Gasteiger partial charge >= 0.3 is 6.09 Å². The predicted molar refractivity (Wildman–Crippen MR) is 138 cm³/mol. The van der Waals surface area contributed by atoms with Gasteiger partial charge in [0.1, 0.15) is 23.4 Å². The van der Waals surface area contributed by atoms with Gasteiger partial charge in [0.05, 0.1) is 13.7 Å². The zero-order chi connectivity index (χ0) is 26.7. The summed E-state index contributed by atoms with van der Waals surface area (Å²) in [5.41, 5.74) is 0.358. The van der Waals surface area contributed by atoms with Crippen LogP contribution in [0, 0.1) is 0 Å². The summed E-state index contributed by atoms with van der Waals surface area (Å²) in [7, 11) is 1.55. The lowest BCUT2D eigenvalue weighted by molar-refractivity contribution is -0.141. The third kappa shape index (κ3) is 8.57. The van der Waals surface area contributed by atoms with Crippen LogP contribution in [0.2, 0.25) is 0 Å². The largest absolute Gasteiger partial charge is 0.497 e. The first-order valence-electron chi connectivity index (χ1n) is 12.0. The lowest BCUT2D eigenvalue weighted by Crippen LogP contribution is -2.54. The Bertz CT molecular complexity index is 989. The number of methoxy groups -OCH3 is 1. The van der Waals surface area contributed by atoms with E-state index in [9.17, 15) is 19.5 Å². The number of rotatable bonds is 11. The number of alkyl carbamates (subject to hydrolysis) is 1. The molecule has 0 aliphatic carbocycles. The summed E-state index contributed by atoms with van der Waals surface area (Å²) in [6.07, 6.45) is 0.564. The Morgan fingerprint density at radius 2 is 1.67 bits per heavy atom. The molecule has 2 atom stereocenters. The lowest BCUT2D eigenvalue weighted by Gasteiger charge is -2.34. The molecule has 0 spiro atoms. The van der Waals surface area contributed by atoms with Gasteiger partial charge in [0.25, 0.3) is 5.91 Å². The van der Waals surface area contributed by atoms with Crippen molar-refractivity contribution in [2.24, 2.45) is 0 Å². The number of hydrogen-bond donors (Lipinski definition) is 3. The van der Waals surface area contributed by atoms with Crippen molar-refractivity contribution < 1.29 is 29.0 Å². The highest BCUT2D eigenvalue weighted by molar-refractivity contribution is 5.99. The molecule has 0 aromatic heterocycles. The standard InChI is InChI=1S/C27H37N3O6/c1-6-7-17-30(25(33)22(18-31)29-26(34)36-27(2,3)4)23(19-11-9-8-10-12-19)24(32)28-20-13-15-21(35-5)16-14-20/h8-16,22-23,31H,6-7,17-18H2,1-5H3,(H,28,32)(H,29,34). The van der Waals surface area contributed by atoms with E-state index in [0.717, 1.165) is 6.42 Å². The number of benzene rings is 2. The molecule has 9 heteroatoms. The van der Waals surface area contributed by atoms with Crippen LogP contribution in [-0.2, 0) is 14.3 Å². The van der Waals surface area contributed by atoms with Crippen LogP contribution >= 0.6 is 0 Å². The Morgan fingerprint density at radius 1 is 1.03 bits per heavy atom. The summed E-state index contributed by atoms with van der Waals surface area (Å²) in [6.45, 7) is 6.67. The van der Waals surface area contributed by atoms with Gasteiger partial charge in [-0.3, -0.25) is 9.59 Å². The molecule has 196 valence electrons. The number of unbranched alkanes of at least 4 members (excludes halogenated alkanes) is 1. The van der Waals surface area contributed by atoms with E-state index in [2.05, 4.69) is 10.6 Å². The van der Waals surface area contributed by atoms with Crippen molar-refractivity contribution in [2.75, 3.05) is 25.6 Å². The van der Waals surface area contributed by atoms with Crippen molar-refractivity contribution in [3.05, 3.63) is 60.2 Å². The highest BCUT2D eigenvalue weighted by atomic mass is 16.6. The third-order valence-corrected chi connectivity index (χ3v) is 5.24. The first-order chi connectivity index (χ1) is 17.1. The zero-order valence-corrected chi connectivity index (χ0v) is 21.6. The second-order valence-electron chi connectivity index (χ2n) is 9.30. The minimum Gasteiger partial charge on any atom is -0.497 e. The fraction of sp³-hybridized carbons (Fsp3) is 0.444. The monoisotopic (exact) mass is 499 g/mol. The Hall–Kier alpha value is -3.59. The van der Waals surface area contributed by atoms with Crippen LogP contribution in [0.1, 0.15) is 52.1 Å².